The molecule has 14 heavy (non-hydrogen) atoms. The number of hydrogen-bond acceptors (Lipinski definition) is 4. The van der Waals surface area contributed by atoms with E-state index in [4.69, 9.17) is 5.26 Å². The van der Waals surface area contributed by atoms with E-state index in [2.05, 4.69) is 4.90 Å². The van der Waals surface area contributed by atoms with Gasteiger partial charge < -0.3 is 4.90 Å². The lowest BCUT2D eigenvalue weighted by Crippen LogP contribution is -2.27. The summed E-state index contributed by atoms with van der Waals surface area (Å²) in [4.78, 5) is 2.17. The summed E-state index contributed by atoms with van der Waals surface area (Å²) < 4.78 is 22.7. The van der Waals surface area contributed by atoms with Crippen LogP contribution in [0.3, 0.4) is 0 Å². The highest BCUT2D eigenvalue weighted by Gasteiger charge is 2.16. The van der Waals surface area contributed by atoms with E-state index >= 15 is 0 Å². The zero-order valence-electron chi connectivity index (χ0n) is 8.28. The van der Waals surface area contributed by atoms with Crippen LogP contribution in [-0.4, -0.2) is 44.5 Å². The van der Waals surface area contributed by atoms with Gasteiger partial charge in [0.15, 0.2) is 9.84 Å². The van der Waals surface area contributed by atoms with Gasteiger partial charge in [-0.2, -0.15) is 5.26 Å². The van der Waals surface area contributed by atoms with E-state index in [0.717, 1.165) is 13.1 Å². The fraction of sp³-hybridized carbons (Fsp3) is 0.889. The van der Waals surface area contributed by atoms with Gasteiger partial charge in [-0.05, 0) is 25.9 Å². The first kappa shape index (κ1) is 11.5. The van der Waals surface area contributed by atoms with E-state index in [9.17, 15) is 8.42 Å². The summed E-state index contributed by atoms with van der Waals surface area (Å²) in [7, 11) is -3.00. The van der Waals surface area contributed by atoms with Crippen LogP contribution < -0.4 is 0 Å². The Morgan fingerprint density at radius 2 is 1.86 bits per heavy atom. The second kappa shape index (κ2) is 5.32. The molecule has 0 aromatic carbocycles. The van der Waals surface area contributed by atoms with Crippen LogP contribution in [-0.2, 0) is 9.84 Å². The van der Waals surface area contributed by atoms with Crippen LogP contribution in [0.25, 0.3) is 0 Å². The average molecular weight is 216 g/mol. The van der Waals surface area contributed by atoms with Gasteiger partial charge in [0.05, 0.1) is 17.6 Å². The number of likely N-dealkylation sites (tertiary alicyclic amines) is 1. The number of sulfone groups is 1. The Labute approximate surface area is 85.4 Å². The summed E-state index contributed by atoms with van der Waals surface area (Å²) in [6.07, 6.45) is 2.47. The molecule has 1 heterocycles. The molecule has 1 aliphatic rings. The van der Waals surface area contributed by atoms with Crippen LogP contribution in [0.4, 0.5) is 0 Å². The van der Waals surface area contributed by atoms with Crippen LogP contribution in [0, 0.1) is 11.3 Å². The Morgan fingerprint density at radius 3 is 2.43 bits per heavy atom. The largest absolute Gasteiger partial charge is 0.302 e. The maximum atomic E-state index is 11.4. The summed E-state index contributed by atoms with van der Waals surface area (Å²) in [5, 5.41) is 8.28. The summed E-state index contributed by atoms with van der Waals surface area (Å²) in [5.41, 5.74) is 0. The van der Waals surface area contributed by atoms with Crippen LogP contribution in [0.15, 0.2) is 0 Å². The lowest BCUT2D eigenvalue weighted by atomic mass is 10.4. The van der Waals surface area contributed by atoms with Crippen molar-refractivity contribution in [2.24, 2.45) is 0 Å². The first-order valence-electron chi connectivity index (χ1n) is 4.94. The molecule has 0 bridgehead atoms. The lowest BCUT2D eigenvalue weighted by molar-refractivity contribution is 0.359. The molecule has 1 aliphatic heterocycles. The van der Waals surface area contributed by atoms with Crippen molar-refractivity contribution in [1.82, 2.24) is 4.90 Å². The molecule has 80 valence electrons. The molecule has 0 amide bonds. The maximum absolute atomic E-state index is 11.4. The van der Waals surface area contributed by atoms with Gasteiger partial charge in [0.25, 0.3) is 0 Å². The molecule has 0 unspecified atom stereocenters. The quantitative estimate of drug-likeness (QED) is 0.668. The Balaban J connectivity index is 2.25. The predicted molar refractivity (Wildman–Crippen MR) is 54.6 cm³/mol. The van der Waals surface area contributed by atoms with Crippen LogP contribution in [0.5, 0.6) is 0 Å². The molecular weight excluding hydrogens is 200 g/mol. The van der Waals surface area contributed by atoms with Gasteiger partial charge in [0.1, 0.15) is 0 Å². The van der Waals surface area contributed by atoms with E-state index in [0.29, 0.717) is 6.54 Å². The van der Waals surface area contributed by atoms with Crippen LogP contribution in [0.2, 0.25) is 0 Å². The van der Waals surface area contributed by atoms with Gasteiger partial charge in [-0.15, -0.1) is 0 Å². The summed E-state index contributed by atoms with van der Waals surface area (Å²) in [6.45, 7) is 2.68. The van der Waals surface area contributed by atoms with E-state index in [1.165, 1.54) is 12.8 Å². The first-order chi connectivity index (χ1) is 6.64. The summed E-state index contributed by atoms with van der Waals surface area (Å²) in [5.74, 6) is 0.214. The Kier molecular flexibility index (Phi) is 4.36. The van der Waals surface area contributed by atoms with Gasteiger partial charge in [0, 0.05) is 13.0 Å². The molecule has 0 aliphatic carbocycles. The first-order valence-corrected chi connectivity index (χ1v) is 6.76. The summed E-state index contributed by atoms with van der Waals surface area (Å²) in [6, 6.07) is 1.86. The standard InChI is InChI=1S/C9H16N2O2S/c10-4-3-8-14(12,13)9-7-11-5-1-2-6-11/h1-3,5-9H2. The zero-order chi connectivity index (χ0) is 10.4. The second-order valence-electron chi connectivity index (χ2n) is 3.61. The molecule has 0 N–H and O–H groups in total. The van der Waals surface area contributed by atoms with Crippen molar-refractivity contribution >= 4 is 9.84 Å². The molecule has 0 atom stereocenters. The van der Waals surface area contributed by atoms with Gasteiger partial charge in [-0.25, -0.2) is 8.42 Å². The third-order valence-electron chi connectivity index (χ3n) is 2.44. The second-order valence-corrected chi connectivity index (χ2v) is 5.91. The van der Waals surface area contributed by atoms with Crippen molar-refractivity contribution in [1.29, 1.82) is 5.26 Å². The molecule has 0 radical (unpaired) electrons. The molecule has 0 aromatic heterocycles. The van der Waals surface area contributed by atoms with Crippen molar-refractivity contribution in [3.05, 3.63) is 0 Å². The minimum absolute atomic E-state index is 0.0112. The van der Waals surface area contributed by atoms with E-state index in [-0.39, 0.29) is 17.9 Å². The highest BCUT2D eigenvalue weighted by atomic mass is 32.2. The molecule has 0 spiro atoms. The van der Waals surface area contributed by atoms with Gasteiger partial charge in [-0.3, -0.25) is 0 Å². The normalized spacial score (nSPS) is 18.2. The Morgan fingerprint density at radius 1 is 1.21 bits per heavy atom. The fourth-order valence-electron chi connectivity index (χ4n) is 1.58. The number of nitriles is 1. The third-order valence-corrected chi connectivity index (χ3v) is 4.07. The molecule has 1 saturated heterocycles. The predicted octanol–water partition coefficient (Wildman–Crippen LogP) is 0.411. The maximum Gasteiger partial charge on any atom is 0.152 e. The van der Waals surface area contributed by atoms with Crippen molar-refractivity contribution < 1.29 is 8.42 Å². The molecule has 4 nitrogen and oxygen atoms in total. The van der Waals surface area contributed by atoms with E-state index in [1.807, 2.05) is 6.07 Å². The number of nitrogens with zero attached hydrogens (tertiary/aromatic N) is 2. The minimum Gasteiger partial charge on any atom is -0.302 e. The third kappa shape index (κ3) is 4.07. The average Bonchev–Trinajstić information content (AvgIpc) is 2.64. The van der Waals surface area contributed by atoms with E-state index in [1.54, 1.807) is 0 Å². The van der Waals surface area contributed by atoms with Crippen molar-refractivity contribution in [2.75, 3.05) is 31.1 Å². The van der Waals surface area contributed by atoms with Gasteiger partial charge in [0.2, 0.25) is 0 Å². The van der Waals surface area contributed by atoms with Crippen molar-refractivity contribution in [3.63, 3.8) is 0 Å². The SMILES string of the molecule is N#CCCS(=O)(=O)CCN1CCCC1. The highest BCUT2D eigenvalue weighted by Crippen LogP contribution is 2.07. The minimum atomic E-state index is -3.00. The topological polar surface area (TPSA) is 61.2 Å². The van der Waals surface area contributed by atoms with Gasteiger partial charge >= 0.3 is 0 Å². The molecular formula is C9H16N2O2S. The number of hydrogen-bond donors (Lipinski definition) is 0. The number of rotatable bonds is 5. The fourth-order valence-corrected chi connectivity index (χ4v) is 2.72. The van der Waals surface area contributed by atoms with E-state index < -0.39 is 9.84 Å². The highest BCUT2D eigenvalue weighted by molar-refractivity contribution is 7.91. The molecule has 1 fully saturated rings. The van der Waals surface area contributed by atoms with Crippen LogP contribution >= 0.6 is 0 Å². The molecule has 5 heteroatoms. The van der Waals surface area contributed by atoms with Crippen molar-refractivity contribution in [3.8, 4) is 6.07 Å². The molecule has 1 rings (SSSR count). The molecule has 0 saturated carbocycles. The van der Waals surface area contributed by atoms with Gasteiger partial charge in [-0.1, -0.05) is 0 Å². The zero-order valence-corrected chi connectivity index (χ0v) is 9.09. The lowest BCUT2D eigenvalue weighted by Gasteiger charge is -2.13. The smallest absolute Gasteiger partial charge is 0.152 e. The molecule has 0 aromatic rings. The van der Waals surface area contributed by atoms with Crippen LogP contribution in [0.1, 0.15) is 19.3 Å². The Bertz CT molecular complexity index is 299. The Hall–Kier alpha value is -0.600. The van der Waals surface area contributed by atoms with Crippen molar-refractivity contribution in [2.45, 2.75) is 19.3 Å². The monoisotopic (exact) mass is 216 g/mol. The summed E-state index contributed by atoms with van der Waals surface area (Å²) >= 11 is 0.